The fourth-order valence-electron chi connectivity index (χ4n) is 1.51. The smallest absolute Gasteiger partial charge is 0.219 e. The van der Waals surface area contributed by atoms with Crippen LogP contribution < -0.4 is 5.32 Å². The molecule has 1 N–H and O–H groups in total. The Hall–Kier alpha value is -1.78. The number of hydrogen-bond acceptors (Lipinski definition) is 2. The van der Waals surface area contributed by atoms with Crippen molar-refractivity contribution in [2.24, 2.45) is 0 Å². The van der Waals surface area contributed by atoms with E-state index in [1.165, 1.54) is 6.07 Å². The van der Waals surface area contributed by atoms with Gasteiger partial charge in [0.25, 0.3) is 0 Å². The van der Waals surface area contributed by atoms with Crippen molar-refractivity contribution < 1.29 is 18.4 Å². The second-order valence-electron chi connectivity index (χ2n) is 3.86. The maximum atomic E-state index is 12.9. The standard InChI is InChI=1S/C13H15F2NO2/c1-2-16-13(18)5-3-4-12(17)9-6-7-10(14)11(15)8-9/h6-8H,2-5H2,1H3,(H,16,18). The zero-order valence-electron chi connectivity index (χ0n) is 10.1. The van der Waals surface area contributed by atoms with Gasteiger partial charge in [-0.2, -0.15) is 0 Å². The Balaban J connectivity index is 2.45. The largest absolute Gasteiger partial charge is 0.356 e. The SMILES string of the molecule is CCNC(=O)CCCC(=O)c1ccc(F)c(F)c1. The first-order valence-electron chi connectivity index (χ1n) is 5.79. The highest BCUT2D eigenvalue weighted by Crippen LogP contribution is 2.12. The molecule has 0 aromatic heterocycles. The molecule has 1 rings (SSSR count). The molecule has 98 valence electrons. The highest BCUT2D eigenvalue weighted by Gasteiger charge is 2.10. The van der Waals surface area contributed by atoms with Crippen LogP contribution in [0.25, 0.3) is 0 Å². The molecule has 0 saturated heterocycles. The van der Waals surface area contributed by atoms with E-state index in [2.05, 4.69) is 5.32 Å². The summed E-state index contributed by atoms with van der Waals surface area (Å²) in [4.78, 5) is 22.8. The molecule has 0 aliphatic rings. The lowest BCUT2D eigenvalue weighted by Gasteiger charge is -2.03. The summed E-state index contributed by atoms with van der Waals surface area (Å²) in [5.74, 6) is -2.42. The van der Waals surface area contributed by atoms with Gasteiger partial charge in [-0.25, -0.2) is 8.78 Å². The minimum Gasteiger partial charge on any atom is -0.356 e. The van der Waals surface area contributed by atoms with Crippen LogP contribution in [-0.4, -0.2) is 18.2 Å². The molecule has 3 nitrogen and oxygen atoms in total. The summed E-state index contributed by atoms with van der Waals surface area (Å²) < 4.78 is 25.6. The Morgan fingerprint density at radius 3 is 2.50 bits per heavy atom. The lowest BCUT2D eigenvalue weighted by molar-refractivity contribution is -0.121. The molecule has 5 heteroatoms. The highest BCUT2D eigenvalue weighted by atomic mass is 19.2. The molecule has 1 amide bonds. The number of carbonyl (C=O) groups excluding carboxylic acids is 2. The number of rotatable bonds is 6. The van der Waals surface area contributed by atoms with Crippen molar-refractivity contribution in [1.29, 1.82) is 0 Å². The second kappa shape index (κ2) is 6.83. The van der Waals surface area contributed by atoms with Crippen LogP contribution >= 0.6 is 0 Å². The van der Waals surface area contributed by atoms with Crippen molar-refractivity contribution in [3.8, 4) is 0 Å². The lowest BCUT2D eigenvalue weighted by Crippen LogP contribution is -2.22. The number of ketones is 1. The maximum absolute atomic E-state index is 12.9. The number of Topliss-reactive ketones (excluding diaryl/α,β-unsaturated/α-hetero) is 1. The van der Waals surface area contributed by atoms with E-state index in [0.29, 0.717) is 13.0 Å². The molecular weight excluding hydrogens is 240 g/mol. The Bertz CT molecular complexity index is 447. The van der Waals surface area contributed by atoms with Gasteiger partial charge in [0.1, 0.15) is 0 Å². The van der Waals surface area contributed by atoms with Crippen LogP contribution in [0.1, 0.15) is 36.5 Å². The van der Waals surface area contributed by atoms with Gasteiger partial charge in [-0.1, -0.05) is 0 Å². The van der Waals surface area contributed by atoms with Gasteiger partial charge in [0, 0.05) is 24.9 Å². The zero-order valence-corrected chi connectivity index (χ0v) is 10.1. The number of amides is 1. The average molecular weight is 255 g/mol. The van der Waals surface area contributed by atoms with E-state index in [1.54, 1.807) is 0 Å². The van der Waals surface area contributed by atoms with Gasteiger partial charge in [-0.15, -0.1) is 0 Å². The molecule has 0 spiro atoms. The third-order valence-electron chi connectivity index (χ3n) is 2.42. The molecule has 0 fully saturated rings. The topological polar surface area (TPSA) is 46.2 Å². The summed E-state index contributed by atoms with van der Waals surface area (Å²) >= 11 is 0. The van der Waals surface area contributed by atoms with Gasteiger partial charge >= 0.3 is 0 Å². The first kappa shape index (κ1) is 14.3. The van der Waals surface area contributed by atoms with E-state index >= 15 is 0 Å². The molecule has 1 aromatic rings. The number of benzene rings is 1. The first-order chi connectivity index (χ1) is 8.54. The van der Waals surface area contributed by atoms with Crippen LogP contribution in [0.2, 0.25) is 0 Å². The summed E-state index contributed by atoms with van der Waals surface area (Å²) in [5.41, 5.74) is 0.129. The van der Waals surface area contributed by atoms with Gasteiger partial charge < -0.3 is 5.32 Å². The van der Waals surface area contributed by atoms with E-state index in [9.17, 15) is 18.4 Å². The molecule has 0 atom stereocenters. The van der Waals surface area contributed by atoms with Gasteiger partial charge in [-0.3, -0.25) is 9.59 Å². The molecule has 0 bridgehead atoms. The zero-order chi connectivity index (χ0) is 13.5. The van der Waals surface area contributed by atoms with Crippen molar-refractivity contribution >= 4 is 11.7 Å². The Morgan fingerprint density at radius 2 is 1.89 bits per heavy atom. The Kier molecular flexibility index (Phi) is 5.42. The van der Waals surface area contributed by atoms with Crippen molar-refractivity contribution in [3.63, 3.8) is 0 Å². The van der Waals surface area contributed by atoms with Gasteiger partial charge in [0.2, 0.25) is 5.91 Å². The summed E-state index contributed by atoms with van der Waals surface area (Å²) in [5, 5.41) is 2.62. The highest BCUT2D eigenvalue weighted by molar-refractivity contribution is 5.96. The summed E-state index contributed by atoms with van der Waals surface area (Å²) in [6.07, 6.45) is 0.787. The first-order valence-corrected chi connectivity index (χ1v) is 5.79. The van der Waals surface area contributed by atoms with Crippen molar-refractivity contribution in [2.45, 2.75) is 26.2 Å². The molecule has 0 aliphatic carbocycles. The van der Waals surface area contributed by atoms with Crippen LogP contribution in [0.3, 0.4) is 0 Å². The van der Waals surface area contributed by atoms with Crippen LogP contribution in [0, 0.1) is 11.6 Å². The molecule has 0 aliphatic heterocycles. The summed E-state index contributed by atoms with van der Waals surface area (Å²) in [6.45, 7) is 2.36. The molecule has 1 aromatic carbocycles. The molecule has 0 unspecified atom stereocenters. The van der Waals surface area contributed by atoms with Crippen LogP contribution in [0.15, 0.2) is 18.2 Å². The average Bonchev–Trinajstić information content (AvgIpc) is 2.33. The lowest BCUT2D eigenvalue weighted by atomic mass is 10.1. The fourth-order valence-corrected chi connectivity index (χ4v) is 1.51. The van der Waals surface area contributed by atoms with E-state index < -0.39 is 11.6 Å². The van der Waals surface area contributed by atoms with Crippen molar-refractivity contribution in [2.75, 3.05) is 6.54 Å². The third kappa shape index (κ3) is 4.24. The predicted molar refractivity (Wildman–Crippen MR) is 63.2 cm³/mol. The third-order valence-corrected chi connectivity index (χ3v) is 2.42. The van der Waals surface area contributed by atoms with Gasteiger partial charge in [0.15, 0.2) is 17.4 Å². The minimum atomic E-state index is -1.04. The van der Waals surface area contributed by atoms with Crippen LogP contribution in [0.4, 0.5) is 8.78 Å². The number of carbonyl (C=O) groups is 2. The van der Waals surface area contributed by atoms with Crippen molar-refractivity contribution in [1.82, 2.24) is 5.32 Å². The van der Waals surface area contributed by atoms with E-state index in [-0.39, 0.29) is 30.1 Å². The molecule has 0 saturated carbocycles. The molecule has 18 heavy (non-hydrogen) atoms. The monoisotopic (exact) mass is 255 g/mol. The fraction of sp³-hybridized carbons (Fsp3) is 0.385. The van der Waals surface area contributed by atoms with Gasteiger partial charge in [-0.05, 0) is 31.5 Å². The number of nitrogens with one attached hydrogen (secondary N) is 1. The Morgan fingerprint density at radius 1 is 1.17 bits per heavy atom. The van der Waals surface area contributed by atoms with Crippen molar-refractivity contribution in [3.05, 3.63) is 35.4 Å². The molecule has 0 radical (unpaired) electrons. The van der Waals surface area contributed by atoms with E-state index in [0.717, 1.165) is 12.1 Å². The van der Waals surface area contributed by atoms with E-state index in [1.807, 2.05) is 6.92 Å². The quantitative estimate of drug-likeness (QED) is 0.794. The number of hydrogen-bond donors (Lipinski definition) is 1. The Labute approximate surface area is 104 Å². The summed E-state index contributed by atoms with van der Waals surface area (Å²) in [6, 6.07) is 3.04. The van der Waals surface area contributed by atoms with Crippen LogP contribution in [0.5, 0.6) is 0 Å². The molecular formula is C13H15F2NO2. The normalized spacial score (nSPS) is 10.2. The second-order valence-corrected chi connectivity index (χ2v) is 3.86. The summed E-state index contributed by atoms with van der Waals surface area (Å²) in [7, 11) is 0. The molecule has 0 heterocycles. The predicted octanol–water partition coefficient (Wildman–Crippen LogP) is 2.45. The number of halogens is 2. The maximum Gasteiger partial charge on any atom is 0.219 e. The van der Waals surface area contributed by atoms with E-state index in [4.69, 9.17) is 0 Å². The minimum absolute atomic E-state index is 0.115. The van der Waals surface area contributed by atoms with Gasteiger partial charge in [0.05, 0.1) is 0 Å². The van der Waals surface area contributed by atoms with Crippen LogP contribution in [-0.2, 0) is 4.79 Å².